The summed E-state index contributed by atoms with van der Waals surface area (Å²) in [7, 11) is 0. The predicted octanol–water partition coefficient (Wildman–Crippen LogP) is 3.33. The van der Waals surface area contributed by atoms with Crippen LogP contribution in [0, 0.1) is 0 Å². The van der Waals surface area contributed by atoms with Gasteiger partial charge in [-0.3, -0.25) is 4.79 Å². The van der Waals surface area contributed by atoms with Gasteiger partial charge >= 0.3 is 5.97 Å². The largest absolute Gasteiger partial charge is 0.465 e. The van der Waals surface area contributed by atoms with Gasteiger partial charge in [-0.15, -0.1) is 0 Å². The number of hydrogen-bond acceptors (Lipinski definition) is 4. The number of hydrogen-bond donors (Lipinski definition) is 2. The minimum absolute atomic E-state index is 0.247. The van der Waals surface area contributed by atoms with Gasteiger partial charge in [0.15, 0.2) is 0 Å². The van der Waals surface area contributed by atoms with E-state index in [1.165, 1.54) is 0 Å². The van der Waals surface area contributed by atoms with E-state index < -0.39 is 5.92 Å². The number of unbranched alkanes of at least 4 members (excludes halogenated alkanes) is 1. The van der Waals surface area contributed by atoms with E-state index in [2.05, 4.69) is 6.92 Å². The third kappa shape index (κ3) is 4.01. The molecular weight excluding hydrogens is 276 g/mol. The Kier molecular flexibility index (Phi) is 5.42. The highest BCUT2D eigenvalue weighted by Gasteiger charge is 2.24. The molecule has 4 heteroatoms. The van der Waals surface area contributed by atoms with Crippen LogP contribution in [0.3, 0.4) is 0 Å². The van der Waals surface area contributed by atoms with Gasteiger partial charge in [-0.25, -0.2) is 0 Å². The fourth-order valence-electron chi connectivity index (χ4n) is 2.24. The first-order valence-corrected chi connectivity index (χ1v) is 7.49. The van der Waals surface area contributed by atoms with Crippen molar-refractivity contribution in [2.75, 3.05) is 18.1 Å². The lowest BCUT2D eigenvalue weighted by molar-refractivity contribution is -0.144. The monoisotopic (exact) mass is 298 g/mol. The number of anilines is 2. The molecule has 0 amide bonds. The summed E-state index contributed by atoms with van der Waals surface area (Å²) in [6.45, 7) is 2.50. The predicted molar refractivity (Wildman–Crippen MR) is 89.4 cm³/mol. The maximum atomic E-state index is 12.5. The minimum Gasteiger partial charge on any atom is -0.465 e. The number of nitrogen functional groups attached to an aromatic ring is 2. The van der Waals surface area contributed by atoms with Gasteiger partial charge in [0.05, 0.1) is 6.61 Å². The second-order valence-corrected chi connectivity index (χ2v) is 5.29. The molecule has 0 aromatic heterocycles. The van der Waals surface area contributed by atoms with Crippen molar-refractivity contribution in [3.8, 4) is 0 Å². The lowest BCUT2D eigenvalue weighted by Crippen LogP contribution is -2.18. The quantitative estimate of drug-likeness (QED) is 0.487. The van der Waals surface area contributed by atoms with Crippen LogP contribution in [0.2, 0.25) is 0 Å². The molecule has 4 nitrogen and oxygen atoms in total. The zero-order valence-corrected chi connectivity index (χ0v) is 12.8. The molecule has 0 aliphatic rings. The standard InChI is InChI=1S/C18H22N2O2/c1-2-3-12-22-18(21)17(13-4-8-15(19)9-5-13)14-6-10-16(20)11-7-14/h4-11,17H,2-3,12,19-20H2,1H3. The molecule has 0 aliphatic heterocycles. The molecule has 4 N–H and O–H groups in total. The Morgan fingerprint density at radius 2 is 1.41 bits per heavy atom. The third-order valence-electron chi connectivity index (χ3n) is 3.52. The summed E-state index contributed by atoms with van der Waals surface area (Å²) in [5, 5.41) is 0. The number of rotatable bonds is 6. The fourth-order valence-corrected chi connectivity index (χ4v) is 2.24. The smallest absolute Gasteiger partial charge is 0.317 e. The van der Waals surface area contributed by atoms with Crippen molar-refractivity contribution in [3.05, 3.63) is 59.7 Å². The van der Waals surface area contributed by atoms with Crippen LogP contribution in [0.1, 0.15) is 36.8 Å². The molecule has 2 aromatic rings. The van der Waals surface area contributed by atoms with Crippen LogP contribution in [-0.4, -0.2) is 12.6 Å². The molecule has 0 atom stereocenters. The zero-order chi connectivity index (χ0) is 15.9. The van der Waals surface area contributed by atoms with Gasteiger partial charge in [0.25, 0.3) is 0 Å². The summed E-state index contributed by atoms with van der Waals surface area (Å²) in [5.74, 6) is -0.707. The lowest BCUT2D eigenvalue weighted by atomic mass is 9.91. The van der Waals surface area contributed by atoms with Crippen LogP contribution < -0.4 is 11.5 Å². The van der Waals surface area contributed by atoms with E-state index in [0.717, 1.165) is 24.0 Å². The van der Waals surface area contributed by atoms with Crippen LogP contribution in [0.15, 0.2) is 48.5 Å². The number of carbonyl (C=O) groups excluding carboxylic acids is 1. The Hall–Kier alpha value is -2.49. The number of ether oxygens (including phenoxy) is 1. The van der Waals surface area contributed by atoms with Crippen LogP contribution >= 0.6 is 0 Å². The van der Waals surface area contributed by atoms with E-state index in [9.17, 15) is 4.79 Å². The number of esters is 1. The topological polar surface area (TPSA) is 78.3 Å². The molecule has 0 radical (unpaired) electrons. The molecule has 0 saturated carbocycles. The second-order valence-electron chi connectivity index (χ2n) is 5.29. The summed E-state index contributed by atoms with van der Waals surface area (Å²) >= 11 is 0. The fraction of sp³-hybridized carbons (Fsp3) is 0.278. The van der Waals surface area contributed by atoms with E-state index in [1.807, 2.05) is 24.3 Å². The van der Waals surface area contributed by atoms with Crippen molar-refractivity contribution in [1.29, 1.82) is 0 Å². The van der Waals surface area contributed by atoms with E-state index in [-0.39, 0.29) is 5.97 Å². The highest BCUT2D eigenvalue weighted by molar-refractivity contribution is 5.82. The van der Waals surface area contributed by atoms with Crippen LogP contribution in [0.4, 0.5) is 11.4 Å². The highest BCUT2D eigenvalue weighted by Crippen LogP contribution is 2.27. The maximum Gasteiger partial charge on any atom is 0.317 e. The van der Waals surface area contributed by atoms with Crippen molar-refractivity contribution >= 4 is 17.3 Å². The normalized spacial score (nSPS) is 10.6. The van der Waals surface area contributed by atoms with Gasteiger partial charge in [0, 0.05) is 11.4 Å². The first kappa shape index (κ1) is 15.9. The van der Waals surface area contributed by atoms with E-state index in [0.29, 0.717) is 18.0 Å². The number of carbonyl (C=O) groups is 1. The Morgan fingerprint density at radius 1 is 0.955 bits per heavy atom. The zero-order valence-electron chi connectivity index (χ0n) is 12.8. The molecule has 2 rings (SSSR count). The maximum absolute atomic E-state index is 12.5. The Labute approximate surface area is 131 Å². The Balaban J connectivity index is 2.29. The van der Waals surface area contributed by atoms with Gasteiger partial charge in [0.1, 0.15) is 5.92 Å². The molecular formula is C18H22N2O2. The minimum atomic E-state index is -0.460. The summed E-state index contributed by atoms with van der Waals surface area (Å²) in [6.07, 6.45) is 1.85. The summed E-state index contributed by atoms with van der Waals surface area (Å²) in [5.41, 5.74) is 14.5. The molecule has 0 aliphatic carbocycles. The van der Waals surface area contributed by atoms with Crippen molar-refractivity contribution in [3.63, 3.8) is 0 Å². The molecule has 0 bridgehead atoms. The van der Waals surface area contributed by atoms with E-state index in [1.54, 1.807) is 24.3 Å². The van der Waals surface area contributed by atoms with Gasteiger partial charge in [-0.05, 0) is 41.8 Å². The number of nitrogens with two attached hydrogens (primary N) is 2. The molecule has 116 valence electrons. The van der Waals surface area contributed by atoms with Crippen molar-refractivity contribution < 1.29 is 9.53 Å². The summed E-state index contributed by atoms with van der Waals surface area (Å²) in [4.78, 5) is 12.5. The Morgan fingerprint density at radius 3 is 1.82 bits per heavy atom. The van der Waals surface area contributed by atoms with Crippen molar-refractivity contribution in [2.45, 2.75) is 25.7 Å². The highest BCUT2D eigenvalue weighted by atomic mass is 16.5. The molecule has 0 fully saturated rings. The van der Waals surface area contributed by atoms with Crippen LogP contribution in [0.25, 0.3) is 0 Å². The average molecular weight is 298 g/mol. The van der Waals surface area contributed by atoms with Crippen molar-refractivity contribution in [1.82, 2.24) is 0 Å². The number of benzene rings is 2. The van der Waals surface area contributed by atoms with E-state index >= 15 is 0 Å². The first-order chi connectivity index (χ1) is 10.6. The van der Waals surface area contributed by atoms with Gasteiger partial charge in [-0.1, -0.05) is 37.6 Å². The Bertz CT molecular complexity index is 560. The third-order valence-corrected chi connectivity index (χ3v) is 3.52. The van der Waals surface area contributed by atoms with Crippen LogP contribution in [0.5, 0.6) is 0 Å². The average Bonchev–Trinajstić information content (AvgIpc) is 2.52. The van der Waals surface area contributed by atoms with E-state index in [4.69, 9.17) is 16.2 Å². The lowest BCUT2D eigenvalue weighted by Gasteiger charge is -2.17. The molecule has 2 aromatic carbocycles. The van der Waals surface area contributed by atoms with Crippen molar-refractivity contribution in [2.24, 2.45) is 0 Å². The second kappa shape index (κ2) is 7.50. The molecule has 0 heterocycles. The summed E-state index contributed by atoms with van der Waals surface area (Å²) < 4.78 is 5.41. The van der Waals surface area contributed by atoms with Gasteiger partial charge < -0.3 is 16.2 Å². The van der Waals surface area contributed by atoms with Crippen LogP contribution in [-0.2, 0) is 9.53 Å². The molecule has 0 saturated heterocycles. The molecule has 0 unspecified atom stereocenters. The van der Waals surface area contributed by atoms with Gasteiger partial charge in [0.2, 0.25) is 0 Å². The first-order valence-electron chi connectivity index (χ1n) is 7.49. The van der Waals surface area contributed by atoms with Gasteiger partial charge in [-0.2, -0.15) is 0 Å². The molecule has 0 spiro atoms. The summed E-state index contributed by atoms with van der Waals surface area (Å²) in [6, 6.07) is 14.6. The molecule has 22 heavy (non-hydrogen) atoms. The SMILES string of the molecule is CCCCOC(=O)C(c1ccc(N)cc1)c1ccc(N)cc1.